The highest BCUT2D eigenvalue weighted by molar-refractivity contribution is 14.1. The number of hydrogen-bond acceptors (Lipinski definition) is 4. The number of imidazole rings is 1. The highest BCUT2D eigenvalue weighted by Crippen LogP contribution is 2.13. The minimum Gasteiger partial charge on any atom is -0.332 e. The van der Waals surface area contributed by atoms with E-state index in [0.717, 1.165) is 3.57 Å². The Hall–Kier alpha value is -1.16. The van der Waals surface area contributed by atoms with Gasteiger partial charge in [-0.25, -0.2) is 9.97 Å². The molecule has 17 heavy (non-hydrogen) atoms. The number of H-pyrrole nitrogens is 1. The molecule has 2 N–H and O–H groups in total. The first-order valence-electron chi connectivity index (χ1n) is 4.63. The van der Waals surface area contributed by atoms with E-state index in [-0.39, 0.29) is 10.8 Å². The number of halogens is 1. The van der Waals surface area contributed by atoms with E-state index in [2.05, 4.69) is 42.3 Å². The Morgan fingerprint density at radius 1 is 1.29 bits per heavy atom. The monoisotopic (exact) mass is 364 g/mol. The van der Waals surface area contributed by atoms with Gasteiger partial charge in [0.25, 0.3) is 10.0 Å². The number of sulfonamides is 1. The maximum absolute atomic E-state index is 11.9. The third kappa shape index (κ3) is 2.94. The maximum atomic E-state index is 11.9. The van der Waals surface area contributed by atoms with Crippen LogP contribution in [0.15, 0.2) is 29.6 Å². The third-order valence-corrected chi connectivity index (χ3v) is 3.84. The highest BCUT2D eigenvalue weighted by Gasteiger charge is 2.16. The van der Waals surface area contributed by atoms with Crippen LogP contribution in [0.3, 0.4) is 0 Å². The number of aromatic nitrogens is 3. The number of pyridine rings is 1. The van der Waals surface area contributed by atoms with Crippen molar-refractivity contribution in [2.75, 3.05) is 4.72 Å². The SMILES string of the molecule is Cc1ncc(S(=O)(=O)Nc2ccc(I)cn2)[nH]1. The van der Waals surface area contributed by atoms with Gasteiger partial charge in [0.1, 0.15) is 11.6 Å². The summed E-state index contributed by atoms with van der Waals surface area (Å²) in [4.78, 5) is 10.5. The number of anilines is 1. The first-order valence-corrected chi connectivity index (χ1v) is 7.19. The lowest BCUT2D eigenvalue weighted by molar-refractivity contribution is 0.598. The Bertz CT molecular complexity index is 621. The minimum atomic E-state index is -3.64. The van der Waals surface area contributed by atoms with Crippen LogP contribution in [0.4, 0.5) is 5.82 Å². The molecule has 6 nitrogen and oxygen atoms in total. The van der Waals surface area contributed by atoms with Gasteiger partial charge < -0.3 is 4.98 Å². The fourth-order valence-corrected chi connectivity index (χ4v) is 2.46. The van der Waals surface area contributed by atoms with E-state index in [9.17, 15) is 8.42 Å². The number of hydrogen-bond donors (Lipinski definition) is 2. The molecule has 0 unspecified atom stereocenters. The van der Waals surface area contributed by atoms with Gasteiger partial charge in [-0.15, -0.1) is 0 Å². The van der Waals surface area contributed by atoms with Crippen LogP contribution in [0.25, 0.3) is 0 Å². The van der Waals surface area contributed by atoms with Crippen molar-refractivity contribution in [1.29, 1.82) is 0 Å². The molecule has 0 fully saturated rings. The van der Waals surface area contributed by atoms with E-state index in [4.69, 9.17) is 0 Å². The minimum absolute atomic E-state index is 0.0235. The topological polar surface area (TPSA) is 87.7 Å². The van der Waals surface area contributed by atoms with Gasteiger partial charge in [0.05, 0.1) is 6.20 Å². The molecule has 0 aliphatic rings. The summed E-state index contributed by atoms with van der Waals surface area (Å²) in [5.74, 6) is 0.818. The molecule has 0 atom stereocenters. The van der Waals surface area contributed by atoms with Crippen molar-refractivity contribution in [2.45, 2.75) is 11.9 Å². The van der Waals surface area contributed by atoms with Gasteiger partial charge in [-0.3, -0.25) is 4.72 Å². The molecule has 0 spiro atoms. The summed E-state index contributed by atoms with van der Waals surface area (Å²) in [5, 5.41) is 0.0235. The van der Waals surface area contributed by atoms with E-state index < -0.39 is 10.0 Å². The molecule has 2 aromatic heterocycles. The number of aromatic amines is 1. The van der Waals surface area contributed by atoms with Crippen LogP contribution in [0.2, 0.25) is 0 Å². The first-order chi connectivity index (χ1) is 7.97. The lowest BCUT2D eigenvalue weighted by atomic mass is 10.5. The second-order valence-electron chi connectivity index (χ2n) is 3.30. The predicted molar refractivity (Wildman–Crippen MR) is 71.1 cm³/mol. The van der Waals surface area contributed by atoms with Gasteiger partial charge in [-0.05, 0) is 41.6 Å². The smallest absolute Gasteiger partial charge is 0.280 e. The van der Waals surface area contributed by atoms with Crippen molar-refractivity contribution < 1.29 is 8.42 Å². The fraction of sp³-hybridized carbons (Fsp3) is 0.111. The molecule has 2 heterocycles. The summed E-state index contributed by atoms with van der Waals surface area (Å²) in [7, 11) is -3.64. The molecule has 0 saturated heterocycles. The van der Waals surface area contributed by atoms with E-state index in [1.807, 2.05) is 0 Å². The lowest BCUT2D eigenvalue weighted by Crippen LogP contribution is -2.14. The fourth-order valence-electron chi connectivity index (χ4n) is 1.16. The second-order valence-corrected chi connectivity index (χ2v) is 6.20. The van der Waals surface area contributed by atoms with Gasteiger partial charge in [0.2, 0.25) is 0 Å². The van der Waals surface area contributed by atoms with Gasteiger partial charge in [0, 0.05) is 9.77 Å². The summed E-state index contributed by atoms with van der Waals surface area (Å²) in [6, 6.07) is 3.37. The maximum Gasteiger partial charge on any atom is 0.280 e. The molecule has 0 aromatic carbocycles. The summed E-state index contributed by atoms with van der Waals surface area (Å²) in [6.45, 7) is 1.68. The molecule has 0 radical (unpaired) electrons. The van der Waals surface area contributed by atoms with Crippen LogP contribution in [-0.2, 0) is 10.0 Å². The number of aryl methyl sites for hydroxylation is 1. The Labute approximate surface area is 112 Å². The largest absolute Gasteiger partial charge is 0.332 e. The molecular formula is C9H9IN4O2S. The average molecular weight is 364 g/mol. The van der Waals surface area contributed by atoms with Crippen molar-refractivity contribution in [1.82, 2.24) is 15.0 Å². The van der Waals surface area contributed by atoms with E-state index in [0.29, 0.717) is 5.82 Å². The van der Waals surface area contributed by atoms with Gasteiger partial charge in [-0.1, -0.05) is 0 Å². The Morgan fingerprint density at radius 2 is 2.06 bits per heavy atom. The predicted octanol–water partition coefficient (Wildman–Crippen LogP) is 1.52. The first kappa shape index (κ1) is 12.3. The van der Waals surface area contributed by atoms with Gasteiger partial charge in [-0.2, -0.15) is 8.42 Å². The summed E-state index contributed by atoms with van der Waals surface area (Å²) >= 11 is 2.09. The van der Waals surface area contributed by atoms with E-state index in [1.54, 1.807) is 25.3 Å². The Kier molecular flexibility index (Phi) is 3.33. The molecular weight excluding hydrogens is 355 g/mol. The van der Waals surface area contributed by atoms with Crippen LogP contribution >= 0.6 is 22.6 Å². The molecule has 0 aliphatic heterocycles. The number of rotatable bonds is 3. The van der Waals surface area contributed by atoms with Gasteiger partial charge in [0.15, 0.2) is 5.03 Å². The standard InChI is InChI=1S/C9H9IN4O2S/c1-6-11-5-9(13-6)17(15,16)14-8-3-2-7(10)4-12-8/h2-5H,1H3,(H,11,13)(H,12,14). The summed E-state index contributed by atoms with van der Waals surface area (Å²) < 4.78 is 27.0. The van der Waals surface area contributed by atoms with Gasteiger partial charge >= 0.3 is 0 Å². The van der Waals surface area contributed by atoms with Crippen LogP contribution < -0.4 is 4.72 Å². The van der Waals surface area contributed by atoms with Crippen LogP contribution in [0.5, 0.6) is 0 Å². The van der Waals surface area contributed by atoms with Crippen molar-refractivity contribution in [3.8, 4) is 0 Å². The number of nitrogens with one attached hydrogen (secondary N) is 2. The second kappa shape index (κ2) is 4.61. The van der Waals surface area contributed by atoms with Crippen molar-refractivity contribution in [3.05, 3.63) is 33.9 Å². The van der Waals surface area contributed by atoms with Crippen molar-refractivity contribution in [2.24, 2.45) is 0 Å². The van der Waals surface area contributed by atoms with E-state index >= 15 is 0 Å². The average Bonchev–Trinajstić information content (AvgIpc) is 2.69. The normalized spacial score (nSPS) is 11.4. The molecule has 8 heteroatoms. The molecule has 0 bridgehead atoms. The summed E-state index contributed by atoms with van der Waals surface area (Å²) in [6.07, 6.45) is 2.85. The van der Waals surface area contributed by atoms with Crippen LogP contribution in [0.1, 0.15) is 5.82 Å². The summed E-state index contributed by atoms with van der Waals surface area (Å²) in [5.41, 5.74) is 0. The molecule has 0 aliphatic carbocycles. The quantitative estimate of drug-likeness (QED) is 0.809. The van der Waals surface area contributed by atoms with E-state index in [1.165, 1.54) is 6.20 Å². The van der Waals surface area contributed by atoms with Crippen molar-refractivity contribution in [3.63, 3.8) is 0 Å². The lowest BCUT2D eigenvalue weighted by Gasteiger charge is -2.04. The molecule has 0 amide bonds. The molecule has 2 rings (SSSR count). The zero-order valence-electron chi connectivity index (χ0n) is 8.81. The molecule has 0 saturated carbocycles. The number of nitrogens with zero attached hydrogens (tertiary/aromatic N) is 2. The third-order valence-electron chi connectivity index (χ3n) is 1.94. The molecule has 90 valence electrons. The van der Waals surface area contributed by atoms with Crippen LogP contribution in [0, 0.1) is 10.5 Å². The zero-order valence-corrected chi connectivity index (χ0v) is 11.8. The zero-order chi connectivity index (χ0) is 12.5. The van der Waals surface area contributed by atoms with Crippen LogP contribution in [-0.4, -0.2) is 23.4 Å². The highest BCUT2D eigenvalue weighted by atomic mass is 127. The Morgan fingerprint density at radius 3 is 2.59 bits per heavy atom. The Balaban J connectivity index is 2.26. The molecule has 2 aromatic rings. The van der Waals surface area contributed by atoms with Crippen molar-refractivity contribution >= 4 is 38.4 Å².